The quantitative estimate of drug-likeness (QED) is 0.0449. The van der Waals surface area contributed by atoms with Crippen LogP contribution in [0.25, 0.3) is 0 Å². The fraction of sp³-hybridized carbons (Fsp3) is 0.933. The molecule has 0 saturated carbocycles. The molecule has 0 aliphatic carbocycles. The van der Waals surface area contributed by atoms with Gasteiger partial charge >= 0.3 is 0 Å². The summed E-state index contributed by atoms with van der Waals surface area (Å²) in [5, 5.41) is 9.43. The third kappa shape index (κ3) is 28.7. The van der Waals surface area contributed by atoms with E-state index in [1.807, 2.05) is 21.1 Å². The van der Waals surface area contributed by atoms with Crippen molar-refractivity contribution >= 4 is 7.82 Å². The summed E-state index contributed by atoms with van der Waals surface area (Å²) in [5.41, 5.74) is 0. The van der Waals surface area contributed by atoms with Crippen LogP contribution in [-0.4, -0.2) is 69.8 Å². The normalized spacial score (nSPS) is 14.8. The smallest absolute Gasteiger partial charge is 0.268 e. The molecule has 38 heavy (non-hydrogen) atoms. The summed E-state index contributed by atoms with van der Waals surface area (Å²) in [7, 11) is 1.48. The Bertz CT molecular complexity index is 582. The number of allylic oxidation sites excluding steroid dienone is 2. The van der Waals surface area contributed by atoms with Gasteiger partial charge in [-0.15, -0.1) is 0 Å². The Morgan fingerprint density at radius 1 is 0.737 bits per heavy atom. The van der Waals surface area contributed by atoms with E-state index in [1.165, 1.54) is 103 Å². The lowest BCUT2D eigenvalue weighted by molar-refractivity contribution is -0.870. The molecule has 0 heterocycles. The van der Waals surface area contributed by atoms with Crippen molar-refractivity contribution in [1.82, 2.24) is 0 Å². The van der Waals surface area contributed by atoms with Crippen molar-refractivity contribution in [2.45, 2.75) is 129 Å². The van der Waals surface area contributed by atoms with Crippen LogP contribution in [0.4, 0.5) is 0 Å². The number of rotatable bonds is 29. The van der Waals surface area contributed by atoms with E-state index in [4.69, 9.17) is 13.8 Å². The van der Waals surface area contributed by atoms with Crippen molar-refractivity contribution in [3.63, 3.8) is 0 Å². The summed E-state index contributed by atoms with van der Waals surface area (Å²) < 4.78 is 27.8. The first kappa shape index (κ1) is 37.7. The minimum Gasteiger partial charge on any atom is -0.756 e. The highest BCUT2D eigenvalue weighted by atomic mass is 31.2. The standard InChI is InChI=1S/C30H62NO6P/c1-5-6-7-8-9-10-11-12-13-14-15-16-17-18-19-20-21-22-23-24-26-35-30(28-32)29-37-38(33,34)36-27-25-31(2,3)4/h12-13,30,32H,5-11,14-29H2,1-4H3/b13-12-/t30-/m1/s1. The molecule has 0 aliphatic rings. The molecule has 0 aromatic heterocycles. The first-order chi connectivity index (χ1) is 18.2. The molecule has 0 aromatic carbocycles. The van der Waals surface area contributed by atoms with Gasteiger partial charge in [-0.2, -0.15) is 0 Å². The maximum atomic E-state index is 11.8. The van der Waals surface area contributed by atoms with Gasteiger partial charge in [-0.25, -0.2) is 0 Å². The van der Waals surface area contributed by atoms with Crippen molar-refractivity contribution in [1.29, 1.82) is 0 Å². The predicted octanol–water partition coefficient (Wildman–Crippen LogP) is 7.17. The van der Waals surface area contributed by atoms with Gasteiger partial charge in [0.05, 0.1) is 34.4 Å². The van der Waals surface area contributed by atoms with Gasteiger partial charge in [0, 0.05) is 6.61 Å². The maximum Gasteiger partial charge on any atom is 0.268 e. The molecule has 0 bridgehead atoms. The zero-order valence-corrected chi connectivity index (χ0v) is 26.3. The predicted molar refractivity (Wildman–Crippen MR) is 157 cm³/mol. The van der Waals surface area contributed by atoms with Gasteiger partial charge in [-0.1, -0.05) is 103 Å². The van der Waals surface area contributed by atoms with Crippen LogP contribution in [0.3, 0.4) is 0 Å². The Balaban J connectivity index is 3.48. The van der Waals surface area contributed by atoms with E-state index in [-0.39, 0.29) is 19.8 Å². The van der Waals surface area contributed by atoms with Crippen LogP contribution >= 0.6 is 7.82 Å². The van der Waals surface area contributed by atoms with Crippen molar-refractivity contribution in [2.24, 2.45) is 0 Å². The Morgan fingerprint density at radius 3 is 1.68 bits per heavy atom. The summed E-state index contributed by atoms with van der Waals surface area (Å²) in [6.45, 7) is 2.86. The van der Waals surface area contributed by atoms with E-state index >= 15 is 0 Å². The van der Waals surface area contributed by atoms with E-state index < -0.39 is 13.9 Å². The molecule has 0 aromatic rings. The van der Waals surface area contributed by atoms with E-state index in [0.717, 1.165) is 12.8 Å². The molecule has 2 atom stereocenters. The highest BCUT2D eigenvalue weighted by Gasteiger charge is 2.16. The van der Waals surface area contributed by atoms with Gasteiger partial charge in [0.15, 0.2) is 0 Å². The monoisotopic (exact) mass is 563 g/mol. The van der Waals surface area contributed by atoms with Crippen LogP contribution in [-0.2, 0) is 18.3 Å². The molecule has 7 nitrogen and oxygen atoms in total. The van der Waals surface area contributed by atoms with Crippen LogP contribution in [0.2, 0.25) is 0 Å². The van der Waals surface area contributed by atoms with Crippen molar-refractivity contribution in [3.8, 4) is 0 Å². The molecular formula is C30H62NO6P. The van der Waals surface area contributed by atoms with Crippen LogP contribution in [0.15, 0.2) is 12.2 Å². The summed E-state index contributed by atoms with van der Waals surface area (Å²) in [5.74, 6) is 0. The molecular weight excluding hydrogens is 501 g/mol. The topological polar surface area (TPSA) is 88.0 Å². The second kappa shape index (κ2) is 25.7. The summed E-state index contributed by atoms with van der Waals surface area (Å²) in [6.07, 6.45) is 27.3. The summed E-state index contributed by atoms with van der Waals surface area (Å²) in [6, 6.07) is 0. The first-order valence-electron chi connectivity index (χ1n) is 15.5. The summed E-state index contributed by atoms with van der Waals surface area (Å²) >= 11 is 0. The van der Waals surface area contributed by atoms with E-state index in [9.17, 15) is 14.6 Å². The van der Waals surface area contributed by atoms with Crippen LogP contribution in [0.5, 0.6) is 0 Å². The minimum absolute atomic E-state index is 0.0614. The van der Waals surface area contributed by atoms with E-state index in [1.54, 1.807) is 0 Å². The number of nitrogens with zero attached hydrogens (tertiary/aromatic N) is 1. The molecule has 0 saturated heterocycles. The summed E-state index contributed by atoms with van der Waals surface area (Å²) in [4.78, 5) is 11.8. The van der Waals surface area contributed by atoms with Crippen LogP contribution in [0.1, 0.15) is 122 Å². The highest BCUT2D eigenvalue weighted by molar-refractivity contribution is 7.45. The maximum absolute atomic E-state index is 11.8. The number of phosphoric acid groups is 1. The van der Waals surface area contributed by atoms with Gasteiger partial charge in [-0.3, -0.25) is 4.57 Å². The zero-order valence-electron chi connectivity index (χ0n) is 25.4. The number of aliphatic hydroxyl groups excluding tert-OH is 1. The molecule has 8 heteroatoms. The number of unbranched alkanes of at least 4 members (excludes halogenated alkanes) is 16. The largest absolute Gasteiger partial charge is 0.756 e. The minimum atomic E-state index is -4.38. The molecule has 0 fully saturated rings. The third-order valence-corrected chi connectivity index (χ3v) is 7.61. The first-order valence-corrected chi connectivity index (χ1v) is 16.9. The van der Waals surface area contributed by atoms with Crippen molar-refractivity contribution < 1.29 is 32.8 Å². The van der Waals surface area contributed by atoms with Gasteiger partial charge in [0.25, 0.3) is 7.82 Å². The van der Waals surface area contributed by atoms with Gasteiger partial charge in [-0.05, 0) is 32.1 Å². The average Bonchev–Trinajstić information content (AvgIpc) is 2.85. The second-order valence-corrected chi connectivity index (χ2v) is 13.0. The lowest BCUT2D eigenvalue weighted by Gasteiger charge is -2.28. The van der Waals surface area contributed by atoms with Crippen LogP contribution < -0.4 is 4.89 Å². The Labute approximate surface area is 235 Å². The third-order valence-electron chi connectivity index (χ3n) is 6.64. The number of likely N-dealkylation sites (N-methyl/N-ethyl adjacent to an activating group) is 1. The number of hydrogen-bond acceptors (Lipinski definition) is 6. The highest BCUT2D eigenvalue weighted by Crippen LogP contribution is 2.38. The Hall–Kier alpha value is -0.270. The van der Waals surface area contributed by atoms with Gasteiger partial charge in [0.1, 0.15) is 19.3 Å². The van der Waals surface area contributed by atoms with Gasteiger partial charge < -0.3 is 28.3 Å². The number of hydrogen-bond donors (Lipinski definition) is 1. The number of aliphatic hydroxyl groups is 1. The molecule has 0 radical (unpaired) electrons. The fourth-order valence-electron chi connectivity index (χ4n) is 4.10. The van der Waals surface area contributed by atoms with Crippen molar-refractivity contribution in [3.05, 3.63) is 12.2 Å². The Morgan fingerprint density at radius 2 is 1.21 bits per heavy atom. The molecule has 0 rings (SSSR count). The van der Waals surface area contributed by atoms with E-state index in [2.05, 4.69) is 19.1 Å². The van der Waals surface area contributed by atoms with Crippen molar-refractivity contribution in [2.75, 3.05) is 54.1 Å². The lowest BCUT2D eigenvalue weighted by atomic mass is 10.1. The molecule has 1 unspecified atom stereocenters. The lowest BCUT2D eigenvalue weighted by Crippen LogP contribution is -2.37. The fourth-order valence-corrected chi connectivity index (χ4v) is 4.83. The second-order valence-electron chi connectivity index (χ2n) is 11.6. The number of phosphoric ester groups is 1. The molecule has 1 N–H and O–H groups in total. The number of ether oxygens (including phenoxy) is 1. The molecule has 0 spiro atoms. The van der Waals surface area contributed by atoms with Gasteiger partial charge in [0.2, 0.25) is 0 Å². The molecule has 0 aliphatic heterocycles. The zero-order chi connectivity index (χ0) is 28.4. The number of quaternary nitrogens is 1. The molecule has 0 amide bonds. The van der Waals surface area contributed by atoms with E-state index in [0.29, 0.717) is 17.6 Å². The van der Waals surface area contributed by atoms with Crippen LogP contribution in [0, 0.1) is 0 Å². The Kier molecular flexibility index (Phi) is 25.5. The SMILES string of the molecule is CCCCCCCC/C=C\CCCCCCCCCCCCO[C@H](CO)COP(=O)([O-])OCC[N+](C)(C)C. The molecule has 228 valence electrons. The average molecular weight is 564 g/mol.